The summed E-state index contributed by atoms with van der Waals surface area (Å²) in [5.74, 6) is 0.600. The van der Waals surface area contributed by atoms with Crippen LogP contribution in [-0.4, -0.2) is 29.0 Å². The summed E-state index contributed by atoms with van der Waals surface area (Å²) < 4.78 is 13.4. The van der Waals surface area contributed by atoms with E-state index in [9.17, 15) is 9.50 Å². The second-order valence-corrected chi connectivity index (χ2v) is 6.18. The number of aliphatic hydroxyl groups is 1. The molecule has 0 radical (unpaired) electrons. The fourth-order valence-electron chi connectivity index (χ4n) is 1.84. The van der Waals surface area contributed by atoms with E-state index in [1.54, 1.807) is 12.1 Å². The van der Waals surface area contributed by atoms with Crippen molar-refractivity contribution in [2.24, 2.45) is 0 Å². The van der Waals surface area contributed by atoms with E-state index in [4.69, 9.17) is 0 Å². The predicted octanol–water partition coefficient (Wildman–Crippen LogP) is 3.06. The average molecular weight is 271 g/mol. The van der Waals surface area contributed by atoms with Gasteiger partial charge in [-0.1, -0.05) is 26.0 Å². The molecule has 0 bridgehead atoms. The van der Waals surface area contributed by atoms with Gasteiger partial charge in [-0.05, 0) is 31.2 Å². The van der Waals surface area contributed by atoms with E-state index in [1.807, 2.05) is 13.0 Å². The molecule has 0 heterocycles. The van der Waals surface area contributed by atoms with Crippen molar-refractivity contribution in [3.8, 4) is 0 Å². The highest BCUT2D eigenvalue weighted by molar-refractivity contribution is 7.99. The predicted molar refractivity (Wildman–Crippen MR) is 75.5 cm³/mol. The molecule has 1 aromatic rings. The van der Waals surface area contributed by atoms with Gasteiger partial charge in [-0.25, -0.2) is 4.39 Å². The van der Waals surface area contributed by atoms with Gasteiger partial charge in [0.1, 0.15) is 5.82 Å². The molecule has 1 unspecified atom stereocenters. The molecule has 0 aliphatic heterocycles. The van der Waals surface area contributed by atoms with Crippen LogP contribution >= 0.6 is 11.8 Å². The van der Waals surface area contributed by atoms with Crippen molar-refractivity contribution in [2.45, 2.75) is 43.7 Å². The number of nitrogens with one attached hydrogen (secondary N) is 1. The van der Waals surface area contributed by atoms with Crippen LogP contribution in [0.3, 0.4) is 0 Å². The number of rotatable bonds is 7. The topological polar surface area (TPSA) is 32.3 Å². The van der Waals surface area contributed by atoms with Crippen molar-refractivity contribution in [3.05, 3.63) is 30.1 Å². The Hall–Kier alpha value is -0.580. The van der Waals surface area contributed by atoms with Crippen LogP contribution in [0.5, 0.6) is 0 Å². The maximum atomic E-state index is 13.4. The first-order valence-corrected chi connectivity index (χ1v) is 7.21. The normalized spacial score (nSPS) is 14.8. The van der Waals surface area contributed by atoms with E-state index < -0.39 is 0 Å². The summed E-state index contributed by atoms with van der Waals surface area (Å²) in [6.07, 6.45) is 0.792. The lowest BCUT2D eigenvalue weighted by atomic mass is 9.99. The Balaban J connectivity index is 2.47. The molecule has 4 heteroatoms. The highest BCUT2D eigenvalue weighted by Crippen LogP contribution is 2.24. The molecule has 102 valence electrons. The molecule has 0 aliphatic rings. The van der Waals surface area contributed by atoms with Crippen molar-refractivity contribution in [3.63, 3.8) is 0 Å². The van der Waals surface area contributed by atoms with Crippen LogP contribution in [0.1, 0.15) is 27.2 Å². The molecule has 1 atom stereocenters. The van der Waals surface area contributed by atoms with E-state index in [-0.39, 0.29) is 18.0 Å². The zero-order valence-corrected chi connectivity index (χ0v) is 12.1. The first kappa shape index (κ1) is 15.5. The zero-order valence-electron chi connectivity index (χ0n) is 11.2. The van der Waals surface area contributed by atoms with Crippen LogP contribution in [0.4, 0.5) is 4.39 Å². The van der Waals surface area contributed by atoms with Crippen molar-refractivity contribution in [1.82, 2.24) is 5.32 Å². The van der Waals surface area contributed by atoms with Crippen molar-refractivity contribution < 1.29 is 9.50 Å². The smallest absolute Gasteiger partial charge is 0.136 e. The fraction of sp³-hybridized carbons (Fsp3) is 0.571. The third-order valence-electron chi connectivity index (χ3n) is 2.73. The molecule has 18 heavy (non-hydrogen) atoms. The van der Waals surface area contributed by atoms with Crippen molar-refractivity contribution in [1.29, 1.82) is 0 Å². The first-order valence-electron chi connectivity index (χ1n) is 6.23. The lowest BCUT2D eigenvalue weighted by Crippen LogP contribution is -2.49. The number of hydrogen-bond acceptors (Lipinski definition) is 3. The lowest BCUT2D eigenvalue weighted by Gasteiger charge is -2.31. The zero-order chi connectivity index (χ0) is 13.6. The molecular formula is C14H22FNOS. The number of thioether (sulfide) groups is 1. The fourth-order valence-corrected chi connectivity index (χ4v) is 3.00. The number of halogens is 1. The largest absolute Gasteiger partial charge is 0.394 e. The molecule has 0 saturated carbocycles. The molecular weight excluding hydrogens is 249 g/mol. The van der Waals surface area contributed by atoms with E-state index in [0.717, 1.165) is 12.2 Å². The summed E-state index contributed by atoms with van der Waals surface area (Å²) in [6, 6.07) is 7.10. The van der Waals surface area contributed by atoms with E-state index >= 15 is 0 Å². The Kier molecular flexibility index (Phi) is 6.12. The Labute approximate surface area is 113 Å². The van der Waals surface area contributed by atoms with Crippen LogP contribution < -0.4 is 5.32 Å². The van der Waals surface area contributed by atoms with Gasteiger partial charge in [-0.2, -0.15) is 0 Å². The van der Waals surface area contributed by atoms with Crippen molar-refractivity contribution >= 4 is 11.8 Å². The Morgan fingerprint density at radius 3 is 2.61 bits per heavy atom. The summed E-state index contributed by atoms with van der Waals surface area (Å²) in [6.45, 7) is 6.19. The standard InChI is InChI=1S/C14H22FNOS/c1-11(2)16-14(3,10-17)8-9-18-13-7-5-4-6-12(13)15/h4-7,11,16-17H,8-10H2,1-3H3. The van der Waals surface area contributed by atoms with Gasteiger partial charge in [0.2, 0.25) is 0 Å². The second-order valence-electron chi connectivity index (χ2n) is 5.05. The Morgan fingerprint density at radius 2 is 2.06 bits per heavy atom. The Bertz CT molecular complexity index is 373. The van der Waals surface area contributed by atoms with Gasteiger partial charge in [0.25, 0.3) is 0 Å². The molecule has 0 aromatic heterocycles. The lowest BCUT2D eigenvalue weighted by molar-refractivity contribution is 0.162. The van der Waals surface area contributed by atoms with E-state index in [1.165, 1.54) is 17.8 Å². The number of hydrogen-bond donors (Lipinski definition) is 2. The minimum absolute atomic E-state index is 0.0863. The van der Waals surface area contributed by atoms with Gasteiger partial charge in [-0.3, -0.25) is 0 Å². The Morgan fingerprint density at radius 1 is 1.39 bits per heavy atom. The van der Waals surface area contributed by atoms with Crippen molar-refractivity contribution in [2.75, 3.05) is 12.4 Å². The maximum absolute atomic E-state index is 13.4. The maximum Gasteiger partial charge on any atom is 0.136 e. The summed E-state index contributed by atoms with van der Waals surface area (Å²) in [7, 11) is 0. The molecule has 0 aliphatic carbocycles. The minimum atomic E-state index is -0.299. The van der Waals surface area contributed by atoms with Crippen LogP contribution in [-0.2, 0) is 0 Å². The molecule has 0 spiro atoms. The number of aliphatic hydroxyl groups excluding tert-OH is 1. The van der Waals surface area contributed by atoms with Crippen LogP contribution in [0.2, 0.25) is 0 Å². The van der Waals surface area contributed by atoms with E-state index in [2.05, 4.69) is 19.2 Å². The summed E-state index contributed by atoms with van der Waals surface area (Å²) in [5.41, 5.74) is -0.299. The summed E-state index contributed by atoms with van der Waals surface area (Å²) in [5, 5.41) is 12.8. The van der Waals surface area contributed by atoms with Gasteiger partial charge in [0, 0.05) is 16.5 Å². The molecule has 1 rings (SSSR count). The third kappa shape index (κ3) is 4.96. The first-order chi connectivity index (χ1) is 8.47. The van der Waals surface area contributed by atoms with Crippen LogP contribution in [0, 0.1) is 5.82 Å². The molecule has 0 amide bonds. The van der Waals surface area contributed by atoms with Gasteiger partial charge in [0.05, 0.1) is 6.61 Å². The van der Waals surface area contributed by atoms with Gasteiger partial charge < -0.3 is 10.4 Å². The average Bonchev–Trinajstić information content (AvgIpc) is 2.31. The molecule has 2 nitrogen and oxygen atoms in total. The van der Waals surface area contributed by atoms with Gasteiger partial charge in [0.15, 0.2) is 0 Å². The molecule has 2 N–H and O–H groups in total. The monoisotopic (exact) mass is 271 g/mol. The quantitative estimate of drug-likeness (QED) is 0.748. The summed E-state index contributed by atoms with van der Waals surface area (Å²) in [4.78, 5) is 0.669. The summed E-state index contributed by atoms with van der Waals surface area (Å²) >= 11 is 1.49. The molecule has 0 fully saturated rings. The van der Waals surface area contributed by atoms with Crippen LogP contribution in [0.15, 0.2) is 29.2 Å². The second kappa shape index (κ2) is 7.12. The highest BCUT2D eigenvalue weighted by Gasteiger charge is 2.23. The minimum Gasteiger partial charge on any atom is -0.394 e. The van der Waals surface area contributed by atoms with Gasteiger partial charge >= 0.3 is 0 Å². The van der Waals surface area contributed by atoms with Crippen LogP contribution in [0.25, 0.3) is 0 Å². The highest BCUT2D eigenvalue weighted by atomic mass is 32.2. The van der Waals surface area contributed by atoms with E-state index in [0.29, 0.717) is 10.9 Å². The number of benzene rings is 1. The molecule has 1 aromatic carbocycles. The SMILES string of the molecule is CC(C)NC(C)(CO)CCSc1ccccc1F. The van der Waals surface area contributed by atoms with Gasteiger partial charge in [-0.15, -0.1) is 11.8 Å². The molecule has 0 saturated heterocycles. The third-order valence-corrected chi connectivity index (χ3v) is 3.78.